The van der Waals surface area contributed by atoms with Crippen molar-refractivity contribution in [3.63, 3.8) is 0 Å². The number of anilines is 1. The summed E-state index contributed by atoms with van der Waals surface area (Å²) in [5.74, 6) is 0.634. The molecule has 0 heterocycles. The molecule has 0 aliphatic carbocycles. The molecule has 0 radical (unpaired) electrons. The van der Waals surface area contributed by atoms with Gasteiger partial charge in [-0.2, -0.15) is 0 Å². The fraction of sp³-hybridized carbons (Fsp3) is 0.720. The van der Waals surface area contributed by atoms with E-state index in [1.165, 1.54) is 32.6 Å². The van der Waals surface area contributed by atoms with Gasteiger partial charge in [0, 0.05) is 19.2 Å². The lowest BCUT2D eigenvalue weighted by Crippen LogP contribution is -2.14. The van der Waals surface area contributed by atoms with Gasteiger partial charge < -0.3 is 33.7 Å². The van der Waals surface area contributed by atoms with E-state index in [4.69, 9.17) is 28.4 Å². The van der Waals surface area contributed by atoms with Gasteiger partial charge in [-0.15, -0.1) is 0 Å². The molecule has 1 aromatic carbocycles. The fourth-order valence-corrected chi connectivity index (χ4v) is 2.85. The van der Waals surface area contributed by atoms with Crippen molar-refractivity contribution < 1.29 is 33.2 Å². The molecule has 1 amide bonds. The maximum Gasteiger partial charge on any atom is 0.221 e. The lowest BCUT2D eigenvalue weighted by atomic mass is 10.2. The van der Waals surface area contributed by atoms with Gasteiger partial charge in [-0.1, -0.05) is 32.6 Å². The first-order valence-corrected chi connectivity index (χ1v) is 12.1. The number of carbonyl (C=O) groups is 1. The molecule has 0 aliphatic rings. The van der Waals surface area contributed by atoms with Crippen LogP contribution in [0.2, 0.25) is 0 Å². The molecule has 0 saturated heterocycles. The maximum absolute atomic E-state index is 11.0. The summed E-state index contributed by atoms with van der Waals surface area (Å²) in [4.78, 5) is 11.0. The number of rotatable bonds is 23. The predicted octanol–water partition coefficient (Wildman–Crippen LogP) is 4.08. The lowest BCUT2D eigenvalue weighted by molar-refractivity contribution is -0.114. The Balaban J connectivity index is 1.75. The molecule has 8 heteroatoms. The van der Waals surface area contributed by atoms with Gasteiger partial charge in [-0.3, -0.25) is 4.79 Å². The van der Waals surface area contributed by atoms with E-state index in [1.807, 2.05) is 12.1 Å². The van der Waals surface area contributed by atoms with Crippen LogP contribution in [0.1, 0.15) is 46.0 Å². The second kappa shape index (κ2) is 22.1. The molecule has 0 aliphatic heterocycles. The number of amides is 1. The first-order valence-electron chi connectivity index (χ1n) is 12.1. The first kappa shape index (κ1) is 29.3. The minimum atomic E-state index is -0.0975. The van der Waals surface area contributed by atoms with E-state index < -0.39 is 0 Å². The molecule has 0 bridgehead atoms. The summed E-state index contributed by atoms with van der Waals surface area (Å²) in [6.07, 6.45) is 6.28. The summed E-state index contributed by atoms with van der Waals surface area (Å²) < 4.78 is 33.0. The molecule has 190 valence electrons. The molecule has 33 heavy (non-hydrogen) atoms. The van der Waals surface area contributed by atoms with Crippen molar-refractivity contribution in [3.8, 4) is 5.75 Å². The highest BCUT2D eigenvalue weighted by Gasteiger charge is 1.98. The van der Waals surface area contributed by atoms with Gasteiger partial charge in [0.05, 0.1) is 59.5 Å². The smallest absolute Gasteiger partial charge is 0.221 e. The van der Waals surface area contributed by atoms with Gasteiger partial charge in [0.15, 0.2) is 0 Å². The summed E-state index contributed by atoms with van der Waals surface area (Å²) in [5.41, 5.74) is 0.744. The van der Waals surface area contributed by atoms with Gasteiger partial charge in [-0.25, -0.2) is 0 Å². The van der Waals surface area contributed by atoms with Crippen molar-refractivity contribution in [1.29, 1.82) is 0 Å². The summed E-state index contributed by atoms with van der Waals surface area (Å²) in [5, 5.41) is 2.71. The molecular formula is C25H43NO7. The Morgan fingerprint density at radius 2 is 1.09 bits per heavy atom. The highest BCUT2D eigenvalue weighted by molar-refractivity contribution is 5.88. The van der Waals surface area contributed by atoms with Crippen LogP contribution in [0.3, 0.4) is 0 Å². The molecule has 0 saturated carbocycles. The molecule has 8 nitrogen and oxygen atoms in total. The quantitative estimate of drug-likeness (QED) is 0.242. The number of unbranched alkanes of at least 4 members (excludes halogenated alkanes) is 4. The monoisotopic (exact) mass is 469 g/mol. The van der Waals surface area contributed by atoms with E-state index in [9.17, 15) is 4.79 Å². The van der Waals surface area contributed by atoms with E-state index in [1.54, 1.807) is 12.1 Å². The number of carbonyl (C=O) groups excluding carboxylic acids is 1. The Hall–Kier alpha value is -1.71. The van der Waals surface area contributed by atoms with E-state index in [0.29, 0.717) is 66.1 Å². The van der Waals surface area contributed by atoms with Crippen molar-refractivity contribution in [2.75, 3.05) is 78.0 Å². The topological polar surface area (TPSA) is 84.5 Å². The summed E-state index contributed by atoms with van der Waals surface area (Å²) in [6, 6.07) is 7.21. The van der Waals surface area contributed by atoms with Crippen molar-refractivity contribution in [2.24, 2.45) is 0 Å². The van der Waals surface area contributed by atoms with Gasteiger partial charge in [0.2, 0.25) is 5.91 Å². The number of ether oxygens (including phenoxy) is 6. The zero-order valence-corrected chi connectivity index (χ0v) is 20.5. The third-order valence-electron chi connectivity index (χ3n) is 4.55. The van der Waals surface area contributed by atoms with Gasteiger partial charge in [-0.05, 0) is 30.7 Å². The van der Waals surface area contributed by atoms with E-state index in [2.05, 4.69) is 12.2 Å². The molecule has 0 fully saturated rings. The van der Waals surface area contributed by atoms with Gasteiger partial charge in [0.25, 0.3) is 0 Å². The SMILES string of the molecule is CCCCCCCOCCOCCOCCOCCOCCOc1ccc(NC(C)=O)cc1. The van der Waals surface area contributed by atoms with Crippen LogP contribution in [0.5, 0.6) is 5.75 Å². The Morgan fingerprint density at radius 3 is 1.58 bits per heavy atom. The van der Waals surface area contributed by atoms with Gasteiger partial charge in [0.1, 0.15) is 12.4 Å². The summed E-state index contributed by atoms with van der Waals surface area (Å²) >= 11 is 0. The van der Waals surface area contributed by atoms with Crippen molar-refractivity contribution in [1.82, 2.24) is 0 Å². The van der Waals surface area contributed by atoms with E-state index in [-0.39, 0.29) is 5.91 Å². The minimum Gasteiger partial charge on any atom is -0.491 e. The zero-order valence-electron chi connectivity index (χ0n) is 20.5. The first-order chi connectivity index (χ1) is 16.2. The average molecular weight is 470 g/mol. The zero-order chi connectivity index (χ0) is 23.8. The van der Waals surface area contributed by atoms with Crippen LogP contribution < -0.4 is 10.1 Å². The summed E-state index contributed by atoms with van der Waals surface area (Å²) in [7, 11) is 0. The number of hydrogen-bond donors (Lipinski definition) is 1. The molecule has 1 rings (SSSR count). The summed E-state index contributed by atoms with van der Waals surface area (Å²) in [6.45, 7) is 9.92. The molecule has 0 atom stereocenters. The Bertz CT molecular complexity index is 568. The van der Waals surface area contributed by atoms with Crippen LogP contribution in [-0.4, -0.2) is 78.6 Å². The molecule has 0 unspecified atom stereocenters. The molecule has 1 aromatic rings. The highest BCUT2D eigenvalue weighted by Crippen LogP contribution is 2.15. The van der Waals surface area contributed by atoms with Crippen LogP contribution >= 0.6 is 0 Å². The lowest BCUT2D eigenvalue weighted by Gasteiger charge is -2.09. The molecule has 1 N–H and O–H groups in total. The van der Waals surface area contributed by atoms with Crippen molar-refractivity contribution in [2.45, 2.75) is 46.0 Å². The van der Waals surface area contributed by atoms with E-state index >= 15 is 0 Å². The Kier molecular flexibility index (Phi) is 19.6. The Morgan fingerprint density at radius 1 is 0.636 bits per heavy atom. The largest absolute Gasteiger partial charge is 0.491 e. The molecule has 0 spiro atoms. The number of hydrogen-bond acceptors (Lipinski definition) is 7. The van der Waals surface area contributed by atoms with Crippen LogP contribution in [0.15, 0.2) is 24.3 Å². The number of nitrogens with one attached hydrogen (secondary N) is 1. The third-order valence-corrected chi connectivity index (χ3v) is 4.55. The minimum absolute atomic E-state index is 0.0975. The van der Waals surface area contributed by atoms with Crippen molar-refractivity contribution >= 4 is 11.6 Å². The third kappa shape index (κ3) is 19.5. The average Bonchev–Trinajstić information content (AvgIpc) is 2.81. The Labute approximate surface area is 199 Å². The second-order valence-electron chi connectivity index (χ2n) is 7.53. The fourth-order valence-electron chi connectivity index (χ4n) is 2.85. The van der Waals surface area contributed by atoms with Gasteiger partial charge >= 0.3 is 0 Å². The standard InChI is InChI=1S/C25H43NO7/c1-3-4-5-6-7-12-28-13-14-29-15-16-30-17-18-31-19-20-32-21-22-33-25-10-8-24(9-11-25)26-23(2)27/h8-11H,3-7,12-22H2,1-2H3,(H,26,27). The second-order valence-corrected chi connectivity index (χ2v) is 7.53. The molecular weight excluding hydrogens is 426 g/mol. The highest BCUT2D eigenvalue weighted by atomic mass is 16.6. The van der Waals surface area contributed by atoms with Crippen LogP contribution in [0, 0.1) is 0 Å². The molecule has 0 aromatic heterocycles. The number of benzene rings is 1. The van der Waals surface area contributed by atoms with Crippen LogP contribution in [-0.2, 0) is 28.5 Å². The maximum atomic E-state index is 11.0. The van der Waals surface area contributed by atoms with Crippen molar-refractivity contribution in [3.05, 3.63) is 24.3 Å². The van der Waals surface area contributed by atoms with Crippen LogP contribution in [0.4, 0.5) is 5.69 Å². The van der Waals surface area contributed by atoms with E-state index in [0.717, 1.165) is 24.5 Å². The van der Waals surface area contributed by atoms with Crippen LogP contribution in [0.25, 0.3) is 0 Å². The predicted molar refractivity (Wildman–Crippen MR) is 129 cm³/mol. The normalized spacial score (nSPS) is 11.0.